The molecule has 0 radical (unpaired) electrons. The molecular formula is C15H17F3N2S. The molecule has 21 heavy (non-hydrogen) atoms. The van der Waals surface area contributed by atoms with Crippen LogP contribution in [0.25, 0.3) is 10.6 Å². The molecule has 1 aromatic heterocycles. The highest BCUT2D eigenvalue weighted by Gasteiger charge is 2.34. The SMILES string of the molecule is CCCNC(C)c1csc(-c2ccccc2C(F)(F)F)n1. The quantitative estimate of drug-likeness (QED) is 0.850. The molecule has 0 saturated heterocycles. The van der Waals surface area contributed by atoms with Crippen LogP contribution in [0.2, 0.25) is 0 Å². The Morgan fingerprint density at radius 2 is 2.00 bits per heavy atom. The van der Waals surface area contributed by atoms with Gasteiger partial charge in [-0.2, -0.15) is 13.2 Å². The van der Waals surface area contributed by atoms with Gasteiger partial charge >= 0.3 is 6.18 Å². The van der Waals surface area contributed by atoms with Crippen molar-refractivity contribution < 1.29 is 13.2 Å². The summed E-state index contributed by atoms with van der Waals surface area (Å²) in [5, 5.41) is 5.50. The Labute approximate surface area is 126 Å². The van der Waals surface area contributed by atoms with E-state index >= 15 is 0 Å². The third-order valence-corrected chi connectivity index (χ3v) is 4.02. The molecule has 2 aromatic rings. The second-order valence-electron chi connectivity index (χ2n) is 4.80. The number of hydrogen-bond acceptors (Lipinski definition) is 3. The molecule has 1 N–H and O–H groups in total. The van der Waals surface area contributed by atoms with Gasteiger partial charge in [0.15, 0.2) is 0 Å². The number of aromatic nitrogens is 1. The molecule has 0 saturated carbocycles. The van der Waals surface area contributed by atoms with Crippen LogP contribution < -0.4 is 5.32 Å². The Balaban J connectivity index is 2.30. The summed E-state index contributed by atoms with van der Waals surface area (Å²) in [6, 6.07) is 5.59. The minimum absolute atomic E-state index is 0.0352. The standard InChI is InChI=1S/C15H17F3N2S/c1-3-8-19-10(2)13-9-21-14(20-13)11-6-4-5-7-12(11)15(16,17)18/h4-7,9-10,19H,3,8H2,1-2H3. The lowest BCUT2D eigenvalue weighted by atomic mass is 10.1. The molecule has 1 aromatic carbocycles. The number of halogens is 3. The van der Waals surface area contributed by atoms with Crippen molar-refractivity contribution >= 4 is 11.3 Å². The van der Waals surface area contributed by atoms with E-state index in [4.69, 9.17) is 0 Å². The summed E-state index contributed by atoms with van der Waals surface area (Å²) >= 11 is 1.24. The maximum atomic E-state index is 13.0. The first-order chi connectivity index (χ1) is 9.93. The number of hydrogen-bond donors (Lipinski definition) is 1. The van der Waals surface area contributed by atoms with Crippen LogP contribution in [0.5, 0.6) is 0 Å². The Hall–Kier alpha value is -1.40. The summed E-state index contributed by atoms with van der Waals surface area (Å²) in [5.74, 6) is 0. The fraction of sp³-hybridized carbons (Fsp3) is 0.400. The highest BCUT2D eigenvalue weighted by molar-refractivity contribution is 7.13. The number of nitrogens with zero attached hydrogens (tertiary/aromatic N) is 1. The number of thiazole rings is 1. The summed E-state index contributed by atoms with van der Waals surface area (Å²) in [6.45, 7) is 4.88. The molecule has 1 atom stereocenters. The molecule has 0 fully saturated rings. The van der Waals surface area contributed by atoms with Gasteiger partial charge in [0.05, 0.1) is 11.3 Å². The van der Waals surface area contributed by atoms with Gasteiger partial charge in [-0.25, -0.2) is 4.98 Å². The van der Waals surface area contributed by atoms with E-state index in [9.17, 15) is 13.2 Å². The Bertz CT molecular complexity index is 593. The van der Waals surface area contributed by atoms with Crippen LogP contribution in [0, 0.1) is 0 Å². The zero-order valence-electron chi connectivity index (χ0n) is 11.9. The fourth-order valence-corrected chi connectivity index (χ4v) is 2.94. The van der Waals surface area contributed by atoms with Crippen LogP contribution in [0.1, 0.15) is 37.6 Å². The molecule has 0 amide bonds. The van der Waals surface area contributed by atoms with Crippen molar-refractivity contribution in [2.75, 3.05) is 6.54 Å². The first-order valence-corrected chi connectivity index (χ1v) is 7.67. The van der Waals surface area contributed by atoms with Gasteiger partial charge in [0.1, 0.15) is 5.01 Å². The second-order valence-corrected chi connectivity index (χ2v) is 5.65. The predicted molar refractivity (Wildman–Crippen MR) is 79.3 cm³/mol. The Morgan fingerprint density at radius 3 is 2.67 bits per heavy atom. The van der Waals surface area contributed by atoms with E-state index in [0.717, 1.165) is 24.7 Å². The third kappa shape index (κ3) is 3.83. The van der Waals surface area contributed by atoms with Crippen LogP contribution in [0.15, 0.2) is 29.6 Å². The van der Waals surface area contributed by atoms with E-state index in [-0.39, 0.29) is 11.6 Å². The van der Waals surface area contributed by atoms with Crippen LogP contribution >= 0.6 is 11.3 Å². The summed E-state index contributed by atoms with van der Waals surface area (Å²) < 4.78 is 39.1. The van der Waals surface area contributed by atoms with Crippen LogP contribution in [-0.4, -0.2) is 11.5 Å². The molecule has 2 nitrogen and oxygen atoms in total. The Kier molecular flexibility index (Phi) is 5.00. The first-order valence-electron chi connectivity index (χ1n) is 6.79. The lowest BCUT2D eigenvalue weighted by molar-refractivity contribution is -0.137. The molecule has 0 bridgehead atoms. The Morgan fingerprint density at radius 1 is 1.29 bits per heavy atom. The molecule has 2 rings (SSSR count). The van der Waals surface area contributed by atoms with E-state index in [1.807, 2.05) is 12.3 Å². The van der Waals surface area contributed by atoms with Crippen molar-refractivity contribution in [2.45, 2.75) is 32.5 Å². The predicted octanol–water partition coefficient (Wildman–Crippen LogP) is 4.89. The summed E-state index contributed by atoms with van der Waals surface area (Å²) in [7, 11) is 0. The number of rotatable bonds is 5. The average molecular weight is 314 g/mol. The van der Waals surface area contributed by atoms with Gasteiger partial charge in [0.25, 0.3) is 0 Å². The molecule has 1 heterocycles. The van der Waals surface area contributed by atoms with Crippen LogP contribution in [0.4, 0.5) is 13.2 Å². The second kappa shape index (κ2) is 6.58. The smallest absolute Gasteiger partial charge is 0.309 e. The van der Waals surface area contributed by atoms with Gasteiger partial charge in [-0.05, 0) is 26.0 Å². The van der Waals surface area contributed by atoms with Crippen LogP contribution in [0.3, 0.4) is 0 Å². The fourth-order valence-electron chi connectivity index (χ4n) is 1.99. The van der Waals surface area contributed by atoms with Gasteiger partial charge in [0.2, 0.25) is 0 Å². The van der Waals surface area contributed by atoms with Crippen molar-refractivity contribution in [1.29, 1.82) is 0 Å². The zero-order valence-corrected chi connectivity index (χ0v) is 12.7. The minimum Gasteiger partial charge on any atom is -0.309 e. The van der Waals surface area contributed by atoms with Gasteiger partial charge in [-0.1, -0.05) is 25.1 Å². The van der Waals surface area contributed by atoms with E-state index < -0.39 is 11.7 Å². The lowest BCUT2D eigenvalue weighted by Gasteiger charge is -2.11. The van der Waals surface area contributed by atoms with Gasteiger partial charge in [-0.3, -0.25) is 0 Å². The lowest BCUT2D eigenvalue weighted by Crippen LogP contribution is -2.19. The largest absolute Gasteiger partial charge is 0.417 e. The van der Waals surface area contributed by atoms with E-state index in [2.05, 4.69) is 17.2 Å². The molecule has 114 valence electrons. The van der Waals surface area contributed by atoms with E-state index in [0.29, 0.717) is 5.01 Å². The topological polar surface area (TPSA) is 24.9 Å². The maximum Gasteiger partial charge on any atom is 0.417 e. The highest BCUT2D eigenvalue weighted by Crippen LogP contribution is 2.38. The highest BCUT2D eigenvalue weighted by atomic mass is 32.1. The van der Waals surface area contributed by atoms with Crippen molar-refractivity contribution in [3.05, 3.63) is 40.9 Å². The van der Waals surface area contributed by atoms with E-state index in [1.54, 1.807) is 6.07 Å². The molecule has 0 spiro atoms. The monoisotopic (exact) mass is 314 g/mol. The van der Waals surface area contributed by atoms with Gasteiger partial charge in [0, 0.05) is 17.0 Å². The van der Waals surface area contributed by atoms with Crippen molar-refractivity contribution in [2.24, 2.45) is 0 Å². The van der Waals surface area contributed by atoms with Crippen LogP contribution in [-0.2, 0) is 6.18 Å². The summed E-state index contributed by atoms with van der Waals surface area (Å²) in [5.41, 5.74) is 0.282. The molecule has 0 aliphatic heterocycles. The number of nitrogens with one attached hydrogen (secondary N) is 1. The third-order valence-electron chi connectivity index (χ3n) is 3.13. The van der Waals surface area contributed by atoms with E-state index in [1.165, 1.54) is 23.5 Å². The van der Waals surface area contributed by atoms with Crippen molar-refractivity contribution in [3.63, 3.8) is 0 Å². The maximum absolute atomic E-state index is 13.0. The van der Waals surface area contributed by atoms with Gasteiger partial charge in [-0.15, -0.1) is 11.3 Å². The molecule has 1 unspecified atom stereocenters. The molecule has 6 heteroatoms. The van der Waals surface area contributed by atoms with Crippen molar-refractivity contribution in [3.8, 4) is 10.6 Å². The normalized spacial score (nSPS) is 13.4. The number of alkyl halides is 3. The first kappa shape index (κ1) is 16.0. The minimum atomic E-state index is -4.37. The zero-order chi connectivity index (χ0) is 15.5. The van der Waals surface area contributed by atoms with Crippen molar-refractivity contribution in [1.82, 2.24) is 10.3 Å². The number of benzene rings is 1. The van der Waals surface area contributed by atoms with Gasteiger partial charge < -0.3 is 5.32 Å². The molecule has 0 aliphatic rings. The summed E-state index contributed by atoms with van der Waals surface area (Å²) in [6.07, 6.45) is -3.37. The molecular weight excluding hydrogens is 297 g/mol. The summed E-state index contributed by atoms with van der Waals surface area (Å²) in [4.78, 5) is 4.36. The average Bonchev–Trinajstić information content (AvgIpc) is 2.93. The molecule has 0 aliphatic carbocycles.